The third-order valence-electron chi connectivity index (χ3n) is 2.29. The molecular formula is C9H14NO5P. The van der Waals surface area contributed by atoms with Gasteiger partial charge in [0.15, 0.2) is 0 Å². The van der Waals surface area contributed by atoms with Gasteiger partial charge in [-0.3, -0.25) is 14.2 Å². The van der Waals surface area contributed by atoms with Gasteiger partial charge in [0.1, 0.15) is 0 Å². The van der Waals surface area contributed by atoms with Crippen molar-refractivity contribution in [1.29, 1.82) is 0 Å². The first-order valence-electron chi connectivity index (χ1n) is 4.89. The van der Waals surface area contributed by atoms with Crippen LogP contribution in [0, 0.1) is 0 Å². The molecule has 90 valence electrons. The highest BCUT2D eigenvalue weighted by atomic mass is 31.2. The first-order chi connectivity index (χ1) is 7.41. The molecule has 0 radical (unpaired) electrons. The Kier molecular flexibility index (Phi) is 4.26. The van der Waals surface area contributed by atoms with Crippen molar-refractivity contribution in [3.63, 3.8) is 0 Å². The Bertz CT molecular complexity index is 365. The highest BCUT2D eigenvalue weighted by Crippen LogP contribution is 2.40. The van der Waals surface area contributed by atoms with Gasteiger partial charge < -0.3 is 14.9 Å². The van der Waals surface area contributed by atoms with Crippen LogP contribution in [0.2, 0.25) is 0 Å². The third kappa shape index (κ3) is 4.16. The van der Waals surface area contributed by atoms with Crippen LogP contribution in [0.4, 0.5) is 0 Å². The van der Waals surface area contributed by atoms with Crippen LogP contribution in [-0.2, 0) is 14.2 Å². The van der Waals surface area contributed by atoms with Crippen LogP contribution >= 0.6 is 7.37 Å². The van der Waals surface area contributed by atoms with Crippen molar-refractivity contribution in [1.82, 2.24) is 4.90 Å². The van der Waals surface area contributed by atoms with E-state index in [0.29, 0.717) is 6.54 Å². The monoisotopic (exact) mass is 247 g/mol. The average molecular weight is 247 g/mol. The predicted octanol–water partition coefficient (Wildman–Crippen LogP) is 0.130. The average Bonchev–Trinajstić information content (AvgIpc) is 2.59. The minimum atomic E-state index is -3.43. The van der Waals surface area contributed by atoms with E-state index in [4.69, 9.17) is 5.11 Å². The van der Waals surface area contributed by atoms with E-state index in [0.717, 1.165) is 0 Å². The fourth-order valence-electron chi connectivity index (χ4n) is 1.34. The molecular weight excluding hydrogens is 233 g/mol. The molecule has 16 heavy (non-hydrogen) atoms. The van der Waals surface area contributed by atoms with E-state index in [2.05, 4.69) is 0 Å². The van der Waals surface area contributed by atoms with Gasteiger partial charge >= 0.3 is 5.97 Å². The first-order valence-corrected chi connectivity index (χ1v) is 6.92. The lowest BCUT2D eigenvalue weighted by Crippen LogP contribution is -2.28. The fourth-order valence-corrected chi connectivity index (χ4v) is 2.65. The second-order valence-electron chi connectivity index (χ2n) is 3.62. The number of carbonyl (C=O) groups is 2. The van der Waals surface area contributed by atoms with Gasteiger partial charge in [0.05, 0.1) is 6.42 Å². The van der Waals surface area contributed by atoms with E-state index < -0.39 is 13.3 Å². The van der Waals surface area contributed by atoms with Gasteiger partial charge in [-0.1, -0.05) is 6.08 Å². The van der Waals surface area contributed by atoms with Crippen molar-refractivity contribution in [3.8, 4) is 0 Å². The molecule has 0 spiro atoms. The van der Waals surface area contributed by atoms with E-state index in [9.17, 15) is 19.0 Å². The third-order valence-corrected chi connectivity index (χ3v) is 4.11. The van der Waals surface area contributed by atoms with E-state index in [1.807, 2.05) is 0 Å². The molecule has 1 atom stereocenters. The molecule has 0 fully saturated rings. The number of carboxylic acids is 1. The van der Waals surface area contributed by atoms with Crippen LogP contribution < -0.4 is 0 Å². The van der Waals surface area contributed by atoms with Crippen LogP contribution in [0.15, 0.2) is 12.2 Å². The van der Waals surface area contributed by atoms with Gasteiger partial charge in [0.2, 0.25) is 13.3 Å². The van der Waals surface area contributed by atoms with Gasteiger partial charge in [0.25, 0.3) is 0 Å². The summed E-state index contributed by atoms with van der Waals surface area (Å²) in [6, 6.07) is 0. The number of hydrogen-bond donors (Lipinski definition) is 2. The van der Waals surface area contributed by atoms with Crippen LogP contribution in [0.3, 0.4) is 0 Å². The summed E-state index contributed by atoms with van der Waals surface area (Å²) in [7, 11) is -3.43. The summed E-state index contributed by atoms with van der Waals surface area (Å²) < 4.78 is 11.5. The Morgan fingerprint density at radius 1 is 1.50 bits per heavy atom. The number of rotatable bonds is 6. The molecule has 0 aromatic carbocycles. The topological polar surface area (TPSA) is 94.9 Å². The normalized spacial score (nSPS) is 18.8. The van der Waals surface area contributed by atoms with Crippen molar-refractivity contribution in [2.45, 2.75) is 6.42 Å². The Morgan fingerprint density at radius 2 is 2.19 bits per heavy atom. The molecule has 0 saturated heterocycles. The molecule has 2 N–H and O–H groups in total. The first kappa shape index (κ1) is 12.9. The highest BCUT2D eigenvalue weighted by Gasteiger charge is 2.23. The summed E-state index contributed by atoms with van der Waals surface area (Å²) in [4.78, 5) is 32.3. The van der Waals surface area contributed by atoms with Crippen LogP contribution in [0.1, 0.15) is 6.42 Å². The van der Waals surface area contributed by atoms with Crippen LogP contribution in [-0.4, -0.2) is 52.2 Å². The number of aliphatic carboxylic acids is 1. The molecule has 1 heterocycles. The second-order valence-corrected chi connectivity index (χ2v) is 6.21. The minimum absolute atomic E-state index is 0.0479. The number of nitrogens with zero attached hydrogens (tertiary/aromatic N) is 1. The zero-order valence-electron chi connectivity index (χ0n) is 8.70. The zero-order valence-corrected chi connectivity index (χ0v) is 9.60. The summed E-state index contributed by atoms with van der Waals surface area (Å²) in [6.45, 7) is 0.650. The maximum Gasteiger partial charge on any atom is 0.303 e. The molecule has 0 bridgehead atoms. The van der Waals surface area contributed by atoms with Crippen LogP contribution in [0.5, 0.6) is 0 Å². The summed E-state index contributed by atoms with van der Waals surface area (Å²) in [6.07, 6.45) is 2.49. The Morgan fingerprint density at radius 3 is 2.69 bits per heavy atom. The fraction of sp³-hybridized carbons (Fsp3) is 0.556. The SMILES string of the molecule is O=C(O)CCP(=O)(O)CCN1CC=CC1=O. The van der Waals surface area contributed by atoms with Gasteiger partial charge in [-0.15, -0.1) is 0 Å². The molecule has 1 aliphatic heterocycles. The molecule has 6 nitrogen and oxygen atoms in total. The van der Waals surface area contributed by atoms with Crippen molar-refractivity contribution < 1.29 is 24.2 Å². The summed E-state index contributed by atoms with van der Waals surface area (Å²) in [5, 5.41) is 8.39. The molecule has 0 aromatic rings. The maximum absolute atomic E-state index is 11.5. The Labute approximate surface area is 93.0 Å². The van der Waals surface area contributed by atoms with E-state index in [1.54, 1.807) is 6.08 Å². The van der Waals surface area contributed by atoms with Gasteiger partial charge in [0, 0.05) is 31.5 Å². The zero-order chi connectivity index (χ0) is 12.2. The molecule has 1 unspecified atom stereocenters. The van der Waals surface area contributed by atoms with Gasteiger partial charge in [-0.2, -0.15) is 0 Å². The standard InChI is InChI=1S/C9H14NO5P/c11-8-2-1-4-10(8)5-7-16(14,15)6-3-9(12)13/h1-2H,3-7H2,(H,12,13)(H,14,15). The lowest BCUT2D eigenvalue weighted by molar-refractivity contribution is -0.136. The summed E-state index contributed by atoms with van der Waals surface area (Å²) >= 11 is 0. The van der Waals surface area contributed by atoms with E-state index in [-0.39, 0.29) is 31.2 Å². The Hall–Kier alpha value is -1.13. The quantitative estimate of drug-likeness (QED) is 0.650. The number of carboxylic acid groups (broad SMARTS) is 1. The largest absolute Gasteiger partial charge is 0.481 e. The highest BCUT2D eigenvalue weighted by molar-refractivity contribution is 7.58. The van der Waals surface area contributed by atoms with Crippen molar-refractivity contribution in [3.05, 3.63) is 12.2 Å². The lowest BCUT2D eigenvalue weighted by atomic mass is 10.5. The molecule has 1 aliphatic rings. The Balaban J connectivity index is 2.33. The van der Waals surface area contributed by atoms with Gasteiger partial charge in [-0.25, -0.2) is 0 Å². The molecule has 0 aromatic heterocycles. The van der Waals surface area contributed by atoms with Crippen molar-refractivity contribution in [2.75, 3.05) is 25.4 Å². The maximum atomic E-state index is 11.5. The number of amides is 1. The molecule has 1 rings (SSSR count). The van der Waals surface area contributed by atoms with Crippen LogP contribution in [0.25, 0.3) is 0 Å². The van der Waals surface area contributed by atoms with Crippen molar-refractivity contribution in [2.24, 2.45) is 0 Å². The number of hydrogen-bond acceptors (Lipinski definition) is 3. The summed E-state index contributed by atoms with van der Waals surface area (Å²) in [5.41, 5.74) is 0. The molecule has 1 amide bonds. The van der Waals surface area contributed by atoms with Crippen molar-refractivity contribution >= 4 is 19.2 Å². The molecule has 0 saturated carbocycles. The molecule has 0 aliphatic carbocycles. The lowest BCUT2D eigenvalue weighted by Gasteiger charge is -2.17. The predicted molar refractivity (Wildman–Crippen MR) is 57.5 cm³/mol. The summed E-state index contributed by atoms with van der Waals surface area (Å²) in [5.74, 6) is -1.26. The number of carbonyl (C=O) groups excluding carboxylic acids is 1. The van der Waals surface area contributed by atoms with Gasteiger partial charge in [-0.05, 0) is 0 Å². The van der Waals surface area contributed by atoms with E-state index in [1.165, 1.54) is 11.0 Å². The second kappa shape index (κ2) is 5.27. The minimum Gasteiger partial charge on any atom is -0.481 e. The van der Waals surface area contributed by atoms with E-state index >= 15 is 0 Å². The smallest absolute Gasteiger partial charge is 0.303 e. The molecule has 7 heteroatoms.